The second-order valence-electron chi connectivity index (χ2n) is 8.59. The van der Waals surface area contributed by atoms with Crippen LogP contribution in [0.1, 0.15) is 49.5 Å². The van der Waals surface area contributed by atoms with Gasteiger partial charge in [0, 0.05) is 23.0 Å². The van der Waals surface area contributed by atoms with E-state index in [-0.39, 0.29) is 41.3 Å². The van der Waals surface area contributed by atoms with Gasteiger partial charge in [-0.1, -0.05) is 23.2 Å². The smallest absolute Gasteiger partial charge is 0.258 e. The lowest BCUT2D eigenvalue weighted by atomic mass is 9.86. The number of nitrogens with zero attached hydrogens (tertiary/aromatic N) is 2. The van der Waals surface area contributed by atoms with Crippen molar-refractivity contribution in [2.24, 2.45) is 0 Å². The van der Waals surface area contributed by atoms with Crippen molar-refractivity contribution >= 4 is 34.8 Å². The molecule has 0 bridgehead atoms. The summed E-state index contributed by atoms with van der Waals surface area (Å²) in [5.41, 5.74) is 0.833. The Kier molecular flexibility index (Phi) is 6.97. The number of aromatic nitrogens is 2. The van der Waals surface area contributed by atoms with E-state index in [1.54, 1.807) is 6.07 Å². The molecule has 11 heteroatoms. The first-order valence-electron chi connectivity index (χ1n) is 11.3. The Bertz CT molecular complexity index is 1220. The summed E-state index contributed by atoms with van der Waals surface area (Å²) in [5, 5.41) is 15.4. The van der Waals surface area contributed by atoms with Crippen molar-refractivity contribution in [3.8, 4) is 11.5 Å². The van der Waals surface area contributed by atoms with Gasteiger partial charge in [-0.3, -0.25) is 4.79 Å². The Labute approximate surface area is 211 Å². The fourth-order valence-electron chi connectivity index (χ4n) is 4.29. The van der Waals surface area contributed by atoms with E-state index in [0.29, 0.717) is 29.1 Å². The van der Waals surface area contributed by atoms with E-state index in [1.807, 2.05) is 12.1 Å². The Balaban J connectivity index is 1.09. The standard InChI is InChI=1S/C24H23Cl2FN4O4/c25-14-3-8-20-19(9-14)28-11-21(34-20)24-31-30-23(35-24)13-1-4-15(5-2-13)29-22(32)12-33-16-6-7-17(26)18(27)10-16/h3,6-10,13,15,21,28H,1-2,4-5,11-12H2,(H,29,32)/t13-,15-,21-/m1/s1. The summed E-state index contributed by atoms with van der Waals surface area (Å²) in [6, 6.07) is 9.48. The number of ether oxygens (including phenoxy) is 2. The SMILES string of the molecule is O=C(COc1ccc(Cl)c(F)c1)N[C@H]1CC[C@H](c2nnc([C@H]3CNc4cc(Cl)ccc4O3)o2)CC1. The van der Waals surface area contributed by atoms with Crippen molar-refractivity contribution in [1.29, 1.82) is 0 Å². The molecular weight excluding hydrogens is 498 g/mol. The van der Waals surface area contributed by atoms with Crippen LogP contribution in [0.15, 0.2) is 40.8 Å². The van der Waals surface area contributed by atoms with Gasteiger partial charge in [0.1, 0.15) is 17.3 Å². The summed E-state index contributed by atoms with van der Waals surface area (Å²) in [7, 11) is 0. The zero-order valence-electron chi connectivity index (χ0n) is 18.6. The predicted molar refractivity (Wildman–Crippen MR) is 128 cm³/mol. The Morgan fingerprint density at radius 3 is 2.71 bits per heavy atom. The van der Waals surface area contributed by atoms with Crippen LogP contribution in [0.2, 0.25) is 10.0 Å². The largest absolute Gasteiger partial charge is 0.484 e. The molecule has 1 atom stereocenters. The van der Waals surface area contributed by atoms with Crippen molar-refractivity contribution in [2.45, 2.75) is 43.7 Å². The highest BCUT2D eigenvalue weighted by Crippen LogP contribution is 2.37. The van der Waals surface area contributed by atoms with Crippen LogP contribution in [0, 0.1) is 5.82 Å². The van der Waals surface area contributed by atoms with Crippen molar-refractivity contribution < 1.29 is 23.1 Å². The number of anilines is 1. The zero-order chi connectivity index (χ0) is 24.4. The van der Waals surface area contributed by atoms with Crippen LogP contribution in [0.5, 0.6) is 11.5 Å². The van der Waals surface area contributed by atoms with E-state index < -0.39 is 5.82 Å². The fraction of sp³-hybridized carbons (Fsp3) is 0.375. The molecule has 184 valence electrons. The van der Waals surface area contributed by atoms with Gasteiger partial charge in [-0.05, 0) is 56.0 Å². The van der Waals surface area contributed by atoms with Gasteiger partial charge in [0.15, 0.2) is 12.7 Å². The summed E-state index contributed by atoms with van der Waals surface area (Å²) >= 11 is 11.7. The highest BCUT2D eigenvalue weighted by molar-refractivity contribution is 6.31. The molecular formula is C24H23Cl2FN4O4. The minimum atomic E-state index is -0.590. The molecule has 1 aliphatic carbocycles. The molecule has 5 rings (SSSR count). The number of carbonyl (C=O) groups excluding carboxylic acids is 1. The molecule has 0 saturated heterocycles. The third-order valence-corrected chi connectivity index (χ3v) is 6.66. The van der Waals surface area contributed by atoms with Crippen LogP contribution >= 0.6 is 23.2 Å². The Morgan fingerprint density at radius 1 is 1.11 bits per heavy atom. The van der Waals surface area contributed by atoms with Gasteiger partial charge in [-0.25, -0.2) is 4.39 Å². The zero-order valence-corrected chi connectivity index (χ0v) is 20.1. The minimum Gasteiger partial charge on any atom is -0.484 e. The summed E-state index contributed by atoms with van der Waals surface area (Å²) in [6.45, 7) is 0.303. The van der Waals surface area contributed by atoms with Crippen molar-refractivity contribution in [3.63, 3.8) is 0 Å². The van der Waals surface area contributed by atoms with E-state index in [9.17, 15) is 9.18 Å². The van der Waals surface area contributed by atoms with Crippen molar-refractivity contribution in [3.05, 3.63) is 64.0 Å². The highest BCUT2D eigenvalue weighted by atomic mass is 35.5. The quantitative estimate of drug-likeness (QED) is 0.455. The highest BCUT2D eigenvalue weighted by Gasteiger charge is 2.30. The molecule has 3 aromatic rings. The number of nitrogens with one attached hydrogen (secondary N) is 2. The first-order chi connectivity index (χ1) is 16.9. The number of hydrogen-bond donors (Lipinski definition) is 2. The lowest BCUT2D eigenvalue weighted by Crippen LogP contribution is -2.39. The number of fused-ring (bicyclic) bond motifs is 1. The second-order valence-corrected chi connectivity index (χ2v) is 9.43. The van der Waals surface area contributed by atoms with E-state index in [1.165, 1.54) is 12.1 Å². The predicted octanol–water partition coefficient (Wildman–Crippen LogP) is 5.28. The van der Waals surface area contributed by atoms with E-state index in [2.05, 4.69) is 20.8 Å². The van der Waals surface area contributed by atoms with Gasteiger partial charge in [0.2, 0.25) is 5.89 Å². The molecule has 2 heterocycles. The molecule has 2 aromatic carbocycles. The summed E-state index contributed by atoms with van der Waals surface area (Å²) in [6.07, 6.45) is 2.79. The van der Waals surface area contributed by atoms with Crippen LogP contribution < -0.4 is 20.1 Å². The molecule has 1 amide bonds. The van der Waals surface area contributed by atoms with Crippen molar-refractivity contribution in [2.75, 3.05) is 18.5 Å². The van der Waals surface area contributed by atoms with Crippen LogP contribution in [0.3, 0.4) is 0 Å². The third-order valence-electron chi connectivity index (χ3n) is 6.12. The molecule has 1 fully saturated rings. The van der Waals surface area contributed by atoms with E-state index in [0.717, 1.165) is 37.4 Å². The maximum atomic E-state index is 13.5. The van der Waals surface area contributed by atoms with Crippen LogP contribution in [-0.4, -0.2) is 35.3 Å². The number of carbonyl (C=O) groups is 1. The summed E-state index contributed by atoms with van der Waals surface area (Å²) in [5.74, 6) is 1.23. The maximum absolute atomic E-state index is 13.5. The number of benzene rings is 2. The summed E-state index contributed by atoms with van der Waals surface area (Å²) in [4.78, 5) is 12.2. The number of hydrogen-bond acceptors (Lipinski definition) is 7. The Hall–Kier alpha value is -3.04. The molecule has 0 spiro atoms. The van der Waals surface area contributed by atoms with Gasteiger partial charge < -0.3 is 24.5 Å². The lowest BCUT2D eigenvalue weighted by Gasteiger charge is -2.27. The first kappa shape index (κ1) is 23.7. The molecule has 1 aliphatic heterocycles. The number of amides is 1. The van der Waals surface area contributed by atoms with E-state index >= 15 is 0 Å². The first-order valence-corrected chi connectivity index (χ1v) is 12.1. The third kappa shape index (κ3) is 5.62. The molecule has 2 aliphatic rings. The average Bonchev–Trinajstić information content (AvgIpc) is 3.35. The second kappa shape index (κ2) is 10.3. The van der Waals surface area contributed by atoms with Crippen molar-refractivity contribution in [1.82, 2.24) is 15.5 Å². The molecule has 1 saturated carbocycles. The topological polar surface area (TPSA) is 98.5 Å². The monoisotopic (exact) mass is 520 g/mol. The fourth-order valence-corrected chi connectivity index (χ4v) is 4.58. The molecule has 0 radical (unpaired) electrons. The van der Waals surface area contributed by atoms with Gasteiger partial charge >= 0.3 is 0 Å². The van der Waals surface area contributed by atoms with Gasteiger partial charge in [-0.2, -0.15) is 0 Å². The van der Waals surface area contributed by atoms with Gasteiger partial charge in [0.25, 0.3) is 11.8 Å². The molecule has 35 heavy (non-hydrogen) atoms. The van der Waals surface area contributed by atoms with Crippen LogP contribution in [-0.2, 0) is 4.79 Å². The summed E-state index contributed by atoms with van der Waals surface area (Å²) < 4.78 is 30.8. The van der Waals surface area contributed by atoms with E-state index in [4.69, 9.17) is 37.1 Å². The lowest BCUT2D eigenvalue weighted by molar-refractivity contribution is -0.124. The average molecular weight is 521 g/mol. The van der Waals surface area contributed by atoms with Crippen LogP contribution in [0.25, 0.3) is 0 Å². The molecule has 1 aromatic heterocycles. The number of halogens is 3. The van der Waals surface area contributed by atoms with Gasteiger partial charge in [0.05, 0.1) is 17.3 Å². The van der Waals surface area contributed by atoms with Gasteiger partial charge in [-0.15, -0.1) is 10.2 Å². The number of rotatable bonds is 6. The maximum Gasteiger partial charge on any atom is 0.258 e. The molecule has 0 unspecified atom stereocenters. The van der Waals surface area contributed by atoms with Crippen LogP contribution in [0.4, 0.5) is 10.1 Å². The Morgan fingerprint density at radius 2 is 1.91 bits per heavy atom. The molecule has 8 nitrogen and oxygen atoms in total. The minimum absolute atomic E-state index is 0.00514. The molecule has 2 N–H and O–H groups in total. The normalized spacial score (nSPS) is 21.4.